The normalized spacial score (nSPS) is 20.8. The van der Waals surface area contributed by atoms with Crippen molar-refractivity contribution >= 4 is 35.1 Å². The Kier molecular flexibility index (Phi) is 8.19. The molecule has 0 aliphatic carbocycles. The third kappa shape index (κ3) is 6.38. The highest BCUT2D eigenvalue weighted by Gasteiger charge is 2.42. The number of aromatic nitrogens is 4. The number of nitrogen functional groups attached to an aromatic ring is 1. The molecule has 2 unspecified atom stereocenters. The molecule has 6 rings (SSSR count). The van der Waals surface area contributed by atoms with Gasteiger partial charge >= 0.3 is 6.09 Å². The Hall–Kier alpha value is -3.90. The van der Waals surface area contributed by atoms with E-state index in [1.54, 1.807) is 23.2 Å². The molecule has 1 amide bonds. The van der Waals surface area contributed by atoms with E-state index in [1.807, 2.05) is 30.3 Å². The maximum absolute atomic E-state index is 12.4. The Bertz CT molecular complexity index is 1330. The van der Waals surface area contributed by atoms with Gasteiger partial charge in [0.15, 0.2) is 11.0 Å². The molecule has 2 N–H and O–H groups in total. The quantitative estimate of drug-likeness (QED) is 0.423. The van der Waals surface area contributed by atoms with Crippen LogP contribution in [0.2, 0.25) is 5.15 Å². The first-order valence-electron chi connectivity index (χ1n) is 14.0. The van der Waals surface area contributed by atoms with E-state index in [9.17, 15) is 4.79 Å². The molecule has 0 saturated carbocycles. The van der Waals surface area contributed by atoms with Crippen molar-refractivity contribution in [3.8, 4) is 5.88 Å². The van der Waals surface area contributed by atoms with Crippen LogP contribution in [0.4, 0.5) is 22.2 Å². The van der Waals surface area contributed by atoms with Gasteiger partial charge < -0.3 is 29.9 Å². The van der Waals surface area contributed by atoms with Crippen LogP contribution >= 0.6 is 11.6 Å². The van der Waals surface area contributed by atoms with Gasteiger partial charge in [0.25, 0.3) is 0 Å². The number of hydrogen-bond acceptors (Lipinski definition) is 11. The standard InChI is InChI=1S/C28H34ClN9O3/c29-24-16-23(26(30)34-33-24)37-17-21-6-7-22(18-37)38(21)27-31-9-8-25(32-27)40-15-14-35-10-12-36(13-11-35)28(39)41-19-20-4-2-1-3-5-20/h1-5,8-9,16,21-22H,6-7,10-15,17-19H2,(H2,30,34). The summed E-state index contributed by atoms with van der Waals surface area (Å²) in [7, 11) is 0. The summed E-state index contributed by atoms with van der Waals surface area (Å²) in [4.78, 5) is 30.4. The van der Waals surface area contributed by atoms with Gasteiger partial charge in [-0.3, -0.25) is 4.90 Å². The maximum Gasteiger partial charge on any atom is 0.410 e. The van der Waals surface area contributed by atoms with Crippen molar-refractivity contribution in [1.29, 1.82) is 0 Å². The predicted octanol–water partition coefficient (Wildman–Crippen LogP) is 2.69. The lowest BCUT2D eigenvalue weighted by Crippen LogP contribution is -2.54. The van der Waals surface area contributed by atoms with E-state index in [0.29, 0.717) is 42.5 Å². The van der Waals surface area contributed by atoms with E-state index in [4.69, 9.17) is 31.8 Å². The van der Waals surface area contributed by atoms with E-state index in [2.05, 4.69) is 29.9 Å². The number of amides is 1. The van der Waals surface area contributed by atoms with Gasteiger partial charge in [-0.05, 0) is 18.4 Å². The molecule has 2 atom stereocenters. The van der Waals surface area contributed by atoms with E-state index < -0.39 is 0 Å². The summed E-state index contributed by atoms with van der Waals surface area (Å²) in [5.41, 5.74) is 7.90. The molecule has 41 heavy (non-hydrogen) atoms. The molecule has 3 aromatic rings. The van der Waals surface area contributed by atoms with Gasteiger partial charge in [-0.25, -0.2) is 9.78 Å². The van der Waals surface area contributed by atoms with E-state index in [-0.39, 0.29) is 24.8 Å². The Morgan fingerprint density at radius 3 is 2.54 bits per heavy atom. The molecule has 216 valence electrons. The highest BCUT2D eigenvalue weighted by molar-refractivity contribution is 6.29. The van der Waals surface area contributed by atoms with Crippen molar-refractivity contribution in [3.05, 3.63) is 59.4 Å². The van der Waals surface area contributed by atoms with Crippen LogP contribution in [-0.2, 0) is 11.3 Å². The summed E-state index contributed by atoms with van der Waals surface area (Å²) in [5, 5.41) is 8.15. The molecule has 3 saturated heterocycles. The van der Waals surface area contributed by atoms with Gasteiger partial charge in [0.05, 0.1) is 5.69 Å². The summed E-state index contributed by atoms with van der Waals surface area (Å²) in [6.45, 7) is 5.92. The first-order valence-corrected chi connectivity index (χ1v) is 14.4. The monoisotopic (exact) mass is 579 g/mol. The molecule has 12 nitrogen and oxygen atoms in total. The average Bonchev–Trinajstić information content (AvgIpc) is 3.27. The fourth-order valence-electron chi connectivity index (χ4n) is 5.83. The minimum Gasteiger partial charge on any atom is -0.476 e. The van der Waals surface area contributed by atoms with Crippen molar-refractivity contribution in [3.63, 3.8) is 0 Å². The second-order valence-electron chi connectivity index (χ2n) is 10.5. The lowest BCUT2D eigenvalue weighted by Gasteiger charge is -2.42. The summed E-state index contributed by atoms with van der Waals surface area (Å²) in [6.07, 6.45) is 3.59. The topological polar surface area (TPSA) is 126 Å². The van der Waals surface area contributed by atoms with Gasteiger partial charge in [0.2, 0.25) is 11.8 Å². The molecule has 5 heterocycles. The van der Waals surface area contributed by atoms with Gasteiger partial charge in [0.1, 0.15) is 13.2 Å². The van der Waals surface area contributed by atoms with E-state index in [0.717, 1.165) is 56.8 Å². The van der Waals surface area contributed by atoms with Crippen molar-refractivity contribution < 1.29 is 14.3 Å². The van der Waals surface area contributed by atoms with E-state index in [1.165, 1.54) is 0 Å². The molecule has 3 aliphatic rings. The first-order chi connectivity index (χ1) is 20.0. The zero-order valence-electron chi connectivity index (χ0n) is 22.8. The first kappa shape index (κ1) is 27.3. The minimum absolute atomic E-state index is 0.256. The van der Waals surface area contributed by atoms with Crippen LogP contribution < -0.4 is 20.3 Å². The van der Waals surface area contributed by atoms with Crippen LogP contribution in [0, 0.1) is 0 Å². The van der Waals surface area contributed by atoms with Crippen LogP contribution in [0.15, 0.2) is 48.7 Å². The molecule has 1 aromatic carbocycles. The zero-order valence-corrected chi connectivity index (χ0v) is 23.6. The van der Waals surface area contributed by atoms with E-state index >= 15 is 0 Å². The third-order valence-corrected chi connectivity index (χ3v) is 8.12. The molecule has 2 bridgehead atoms. The highest BCUT2D eigenvalue weighted by atomic mass is 35.5. The van der Waals surface area contributed by atoms with Crippen LogP contribution in [0.3, 0.4) is 0 Å². The second kappa shape index (κ2) is 12.3. The molecular weight excluding hydrogens is 546 g/mol. The van der Waals surface area contributed by atoms with Gasteiger partial charge in [-0.15, -0.1) is 10.2 Å². The SMILES string of the molecule is Nc1nnc(Cl)cc1N1CC2CCC(C1)N2c1nccc(OCCN2CCN(C(=O)OCc3ccccc3)CC2)n1. The largest absolute Gasteiger partial charge is 0.476 e. The molecule has 3 fully saturated rings. The van der Waals surface area contributed by atoms with Crippen LogP contribution in [0.1, 0.15) is 18.4 Å². The molecule has 0 spiro atoms. The van der Waals surface area contributed by atoms with Crippen molar-refractivity contribution in [2.24, 2.45) is 0 Å². The molecule has 2 aromatic heterocycles. The summed E-state index contributed by atoms with van der Waals surface area (Å²) >= 11 is 6.08. The Morgan fingerprint density at radius 1 is 1.02 bits per heavy atom. The fourth-order valence-corrected chi connectivity index (χ4v) is 5.97. The van der Waals surface area contributed by atoms with Crippen molar-refractivity contribution in [1.82, 2.24) is 30.0 Å². The maximum atomic E-state index is 12.4. The molecule has 3 aliphatic heterocycles. The zero-order chi connectivity index (χ0) is 28.2. The number of nitrogens with zero attached hydrogens (tertiary/aromatic N) is 8. The average molecular weight is 580 g/mol. The lowest BCUT2D eigenvalue weighted by molar-refractivity contribution is 0.0682. The lowest BCUT2D eigenvalue weighted by atomic mass is 10.2. The smallest absolute Gasteiger partial charge is 0.410 e. The number of nitrogens with two attached hydrogens (primary N) is 1. The number of piperazine rings is 2. The summed E-state index contributed by atoms with van der Waals surface area (Å²) < 4.78 is 11.5. The van der Waals surface area contributed by atoms with Crippen molar-refractivity contribution in [2.75, 3.05) is 68.0 Å². The number of benzene rings is 1. The van der Waals surface area contributed by atoms with Gasteiger partial charge in [-0.2, -0.15) is 4.98 Å². The Labute approximate surface area is 244 Å². The fraction of sp³-hybridized carbons (Fsp3) is 0.464. The number of rotatable bonds is 8. The van der Waals surface area contributed by atoms with Crippen molar-refractivity contribution in [2.45, 2.75) is 31.5 Å². The molecule has 13 heteroatoms. The number of halogens is 1. The molecule has 0 radical (unpaired) electrons. The predicted molar refractivity (Wildman–Crippen MR) is 155 cm³/mol. The summed E-state index contributed by atoms with van der Waals surface area (Å²) in [5.74, 6) is 1.64. The minimum atomic E-state index is -0.266. The highest BCUT2D eigenvalue weighted by Crippen LogP contribution is 2.36. The number of carbonyl (C=O) groups is 1. The number of carbonyl (C=O) groups excluding carboxylic acids is 1. The van der Waals surface area contributed by atoms with Gasteiger partial charge in [0, 0.05) is 76.2 Å². The Balaban J connectivity index is 0.965. The summed E-state index contributed by atoms with van der Waals surface area (Å²) in [6, 6.07) is 13.8. The third-order valence-electron chi connectivity index (χ3n) is 7.94. The number of anilines is 3. The van der Waals surface area contributed by atoms with Crippen LogP contribution in [0.25, 0.3) is 0 Å². The number of hydrogen-bond donors (Lipinski definition) is 1. The van der Waals surface area contributed by atoms with Crippen LogP contribution in [-0.4, -0.2) is 101 Å². The second-order valence-corrected chi connectivity index (χ2v) is 10.9. The van der Waals surface area contributed by atoms with Crippen LogP contribution in [0.5, 0.6) is 5.88 Å². The molecular formula is C28H34ClN9O3. The van der Waals surface area contributed by atoms with Gasteiger partial charge in [-0.1, -0.05) is 41.9 Å². The Morgan fingerprint density at radius 2 is 1.78 bits per heavy atom. The number of fused-ring (bicyclic) bond motifs is 2. The number of ether oxygens (including phenoxy) is 2.